The third kappa shape index (κ3) is 8.21. The molecular weight excluding hydrogens is 591 g/mol. The first-order valence-electron chi connectivity index (χ1n) is 13.6. The van der Waals surface area contributed by atoms with Gasteiger partial charge in [0, 0.05) is 0 Å². The molecule has 0 spiro atoms. The van der Waals surface area contributed by atoms with Gasteiger partial charge in [-0.1, -0.05) is 6.07 Å². The number of halogens is 2. The van der Waals surface area contributed by atoms with Crippen molar-refractivity contribution in [1.82, 2.24) is 10.6 Å². The molecule has 0 aromatic heterocycles. The zero-order chi connectivity index (χ0) is 31.5. The van der Waals surface area contributed by atoms with E-state index in [1.165, 1.54) is 18.2 Å². The first kappa shape index (κ1) is 32.6. The third-order valence-electron chi connectivity index (χ3n) is 7.92. The summed E-state index contributed by atoms with van der Waals surface area (Å²) in [7, 11) is -5.27. The normalized spacial score (nSPS) is 24.0. The number of rotatable bonds is 13. The first-order chi connectivity index (χ1) is 20.1. The van der Waals surface area contributed by atoms with E-state index < -0.39 is 61.5 Å². The zero-order valence-corrected chi connectivity index (χ0v) is 25.0. The molecule has 2 amide bonds. The number of nitrogens with one attached hydrogen (secondary N) is 2. The number of hydrogen-bond donors (Lipinski definition) is 4. The van der Waals surface area contributed by atoms with Gasteiger partial charge < -0.3 is 0 Å². The maximum absolute atomic E-state index is 13.9. The topological polar surface area (TPSA) is 165 Å². The van der Waals surface area contributed by atoms with Crippen LogP contribution >= 0.6 is 7.43 Å². The molecule has 0 unspecified atom stereocenters. The molecule has 3 aliphatic rings. The van der Waals surface area contributed by atoms with Gasteiger partial charge in [-0.05, 0) is 25.0 Å². The number of carbonyl (C=O) groups excluding carboxylic acids is 2. The average molecular weight is 628 g/mol. The van der Waals surface area contributed by atoms with Crippen LogP contribution in [0.4, 0.5) is 8.78 Å². The van der Waals surface area contributed by atoms with E-state index in [1.807, 2.05) is 0 Å². The van der Waals surface area contributed by atoms with Crippen LogP contribution in [0.15, 0.2) is 41.3 Å². The minimum atomic E-state index is -5.27. The molecule has 12 nitrogen and oxygen atoms in total. The predicted molar refractivity (Wildman–Crippen MR) is 152 cm³/mol. The molecule has 0 radical (unpaired) electrons. The van der Waals surface area contributed by atoms with Gasteiger partial charge in [0.25, 0.3) is 0 Å². The Labute approximate surface area is 247 Å². The van der Waals surface area contributed by atoms with Gasteiger partial charge in [0.15, 0.2) is 0 Å². The molecule has 15 heteroatoms. The van der Waals surface area contributed by atoms with E-state index in [-0.39, 0.29) is 24.5 Å². The summed E-state index contributed by atoms with van der Waals surface area (Å²) in [6.45, 7) is 2.50. The molecule has 0 saturated heterocycles. The van der Waals surface area contributed by atoms with Crippen LogP contribution in [-0.2, 0) is 18.8 Å². The Morgan fingerprint density at radius 3 is 1.93 bits per heavy atom. The van der Waals surface area contributed by atoms with Crippen molar-refractivity contribution in [3.8, 4) is 11.5 Å². The predicted octanol–water partition coefficient (Wildman–Crippen LogP) is 3.68. The number of ether oxygens (including phenoxy) is 3. The molecule has 5 rings (SSSR count). The fourth-order valence-electron chi connectivity index (χ4n) is 5.38. The van der Waals surface area contributed by atoms with E-state index >= 15 is 0 Å². The smallest absolute Gasteiger partial charge is 0.207 e. The molecule has 43 heavy (non-hydrogen) atoms. The number of nitrogens with zero attached hydrogens (tertiary/aromatic N) is 1. The van der Waals surface area contributed by atoms with Crippen molar-refractivity contribution in [2.45, 2.75) is 63.1 Å². The van der Waals surface area contributed by atoms with E-state index in [9.17, 15) is 33.1 Å². The van der Waals surface area contributed by atoms with Gasteiger partial charge in [0.2, 0.25) is 0 Å². The first-order valence-corrected chi connectivity index (χ1v) is 16.1. The fraction of sp³-hybridized carbons (Fsp3) is 0.500. The standard InChI is InChI=1S/C28H36F2N3O9P/c1-18-4-6-20(12-22(18)29)39-15-25(34)31-27-8-10-28(11-9-27,24(14-27)41-17-42-43(3,37,38)33-36)32-26(35)16-40-21-7-5-19(2)23(30)13-21/h4-7,12-13,24,37-38H,8-11,14-17H2,1-3H3,(H,31,34)(H,32,35)/t24-,27?,28?/m0/s1. The summed E-state index contributed by atoms with van der Waals surface area (Å²) in [6.07, 6.45) is 1.08. The van der Waals surface area contributed by atoms with Gasteiger partial charge in [0.05, 0.1) is 0 Å². The molecule has 2 aromatic rings. The Morgan fingerprint density at radius 1 is 0.930 bits per heavy atom. The van der Waals surface area contributed by atoms with Crippen molar-refractivity contribution in [1.29, 1.82) is 0 Å². The maximum atomic E-state index is 13.9. The van der Waals surface area contributed by atoms with Crippen LogP contribution in [0.1, 0.15) is 43.2 Å². The van der Waals surface area contributed by atoms with Crippen LogP contribution in [0.3, 0.4) is 0 Å². The fourth-order valence-corrected chi connectivity index (χ4v) is 5.74. The Hall–Kier alpha value is -3.29. The second-order valence-corrected chi connectivity index (χ2v) is 14.4. The van der Waals surface area contributed by atoms with Crippen molar-refractivity contribution in [3.05, 3.63) is 64.1 Å². The summed E-state index contributed by atoms with van der Waals surface area (Å²) in [5.41, 5.74) is -0.800. The summed E-state index contributed by atoms with van der Waals surface area (Å²) < 4.78 is 49.4. The Morgan fingerprint density at radius 2 is 1.44 bits per heavy atom. The monoisotopic (exact) mass is 627 g/mol. The summed E-state index contributed by atoms with van der Waals surface area (Å²) in [4.78, 5) is 58.9. The summed E-state index contributed by atoms with van der Waals surface area (Å²) >= 11 is 0. The van der Waals surface area contributed by atoms with Crippen LogP contribution in [0, 0.1) is 30.4 Å². The Balaban J connectivity index is 1.42. The Bertz CT molecular complexity index is 1380. The molecule has 236 valence electrons. The van der Waals surface area contributed by atoms with Gasteiger partial charge in [-0.25, -0.2) is 8.78 Å². The molecule has 4 N–H and O–H groups in total. The van der Waals surface area contributed by atoms with Crippen molar-refractivity contribution in [2.24, 2.45) is 4.95 Å². The zero-order valence-electron chi connectivity index (χ0n) is 24.1. The second-order valence-electron chi connectivity index (χ2n) is 11.4. The minimum Gasteiger partial charge on any atom is -0.207 e. The Kier molecular flexibility index (Phi) is 9.38. The van der Waals surface area contributed by atoms with Gasteiger partial charge in [-0.15, -0.1) is 0 Å². The van der Waals surface area contributed by atoms with Crippen molar-refractivity contribution >= 4 is 19.2 Å². The summed E-state index contributed by atoms with van der Waals surface area (Å²) in [5.74, 6) is -1.47. The quantitative estimate of drug-likeness (QED) is 0.147. The van der Waals surface area contributed by atoms with E-state index in [4.69, 9.17) is 18.7 Å². The number of benzene rings is 2. The van der Waals surface area contributed by atoms with E-state index in [0.29, 0.717) is 36.8 Å². The molecule has 0 heterocycles. The van der Waals surface area contributed by atoms with E-state index in [2.05, 4.69) is 15.6 Å². The van der Waals surface area contributed by atoms with Crippen LogP contribution in [0.5, 0.6) is 11.5 Å². The van der Waals surface area contributed by atoms with Gasteiger partial charge in [0.1, 0.15) is 5.82 Å². The van der Waals surface area contributed by atoms with E-state index in [1.54, 1.807) is 32.0 Å². The number of aryl methyl sites for hydroxylation is 2. The van der Waals surface area contributed by atoms with E-state index in [0.717, 1.165) is 6.66 Å². The summed E-state index contributed by atoms with van der Waals surface area (Å²) in [6, 6.07) is 8.57. The van der Waals surface area contributed by atoms with Crippen molar-refractivity contribution < 1.29 is 46.9 Å². The molecule has 0 aliphatic heterocycles. The number of fused-ring (bicyclic) bond motifs is 3. The minimum absolute atomic E-state index is 0.183. The average Bonchev–Trinajstić information content (AvgIpc) is 2.95. The second kappa shape index (κ2) is 12.4. The third-order valence-corrected chi connectivity index (χ3v) is 9.01. The van der Waals surface area contributed by atoms with Crippen LogP contribution in [-0.4, -0.2) is 65.5 Å². The molecular formula is C28H36F2N3O9P. The molecule has 3 aliphatic carbocycles. The molecule has 3 fully saturated rings. The summed E-state index contributed by atoms with van der Waals surface area (Å²) in [5, 5.41) is 5.94. The molecule has 1 atom stereocenters. The van der Waals surface area contributed by atoms with Gasteiger partial charge >= 0.3 is 201 Å². The van der Waals surface area contributed by atoms with Crippen molar-refractivity contribution in [2.75, 3.05) is 26.7 Å². The molecule has 2 bridgehead atoms. The number of nitroso groups, excluding NO2 is 1. The van der Waals surface area contributed by atoms with Crippen LogP contribution < -0.4 is 20.1 Å². The van der Waals surface area contributed by atoms with Gasteiger partial charge in [-0.3, -0.25) is 0 Å². The molecule has 3 saturated carbocycles. The SMILES string of the molecule is Cc1ccc(OCC(=O)NC23CCC(NC(=O)COc4ccc(C)c(F)c4)(CC2)[C@@H](OCOP(C)(O)(O)N=O)C3)cc1F. The number of carbonyl (C=O) groups is 2. The van der Waals surface area contributed by atoms with Crippen LogP contribution in [0.25, 0.3) is 0 Å². The molecule has 2 aromatic carbocycles. The number of hydrogen-bond acceptors (Lipinski definition) is 10. The van der Waals surface area contributed by atoms with Gasteiger partial charge in [-0.2, -0.15) is 0 Å². The van der Waals surface area contributed by atoms with Crippen molar-refractivity contribution in [3.63, 3.8) is 0 Å². The number of amides is 2. The van der Waals surface area contributed by atoms with Crippen LogP contribution in [0.2, 0.25) is 0 Å².